The molecule has 3 aromatic rings. The molecule has 0 fully saturated rings. The number of nitrogens with zero attached hydrogens (tertiary/aromatic N) is 3. The topological polar surface area (TPSA) is 88.0 Å². The largest absolute Gasteiger partial charge is 0.477 e. The fourth-order valence-corrected chi connectivity index (χ4v) is 2.93. The predicted octanol–water partition coefficient (Wildman–Crippen LogP) is 3.66. The number of hydrogen-bond acceptors (Lipinski definition) is 6. The second-order valence-electron chi connectivity index (χ2n) is 5.10. The van der Waals surface area contributed by atoms with Crippen LogP contribution in [0.3, 0.4) is 0 Å². The van der Waals surface area contributed by atoms with Gasteiger partial charge < -0.3 is 10.4 Å². The summed E-state index contributed by atoms with van der Waals surface area (Å²) in [4.78, 5) is 23.8. The lowest BCUT2D eigenvalue weighted by Gasteiger charge is -2.07. The van der Waals surface area contributed by atoms with E-state index in [1.54, 1.807) is 12.3 Å². The second kappa shape index (κ2) is 6.13. The van der Waals surface area contributed by atoms with E-state index in [1.165, 1.54) is 6.20 Å². The van der Waals surface area contributed by atoms with Gasteiger partial charge in [0, 0.05) is 11.9 Å². The highest BCUT2D eigenvalue weighted by molar-refractivity contribution is 7.16. The lowest BCUT2D eigenvalue weighted by Crippen LogP contribution is -1.98. The number of carboxylic acid groups (broad SMARTS) is 1. The molecule has 1 aromatic carbocycles. The molecule has 0 radical (unpaired) electrons. The van der Waals surface area contributed by atoms with E-state index in [2.05, 4.69) is 26.3 Å². The number of carbonyl (C=O) groups is 1. The number of anilines is 2. The zero-order valence-electron chi connectivity index (χ0n) is 12.6. The zero-order valence-corrected chi connectivity index (χ0v) is 13.4. The Morgan fingerprint density at radius 3 is 2.57 bits per heavy atom. The molecule has 0 spiro atoms. The molecule has 2 aromatic heterocycles. The average Bonchev–Trinajstić information content (AvgIpc) is 2.96. The van der Waals surface area contributed by atoms with Crippen LogP contribution in [0.4, 0.5) is 11.6 Å². The van der Waals surface area contributed by atoms with Crippen molar-refractivity contribution in [1.29, 1.82) is 0 Å². The molecule has 0 bridgehead atoms. The van der Waals surface area contributed by atoms with Crippen LogP contribution in [-0.4, -0.2) is 26.0 Å². The number of aryl methyl sites for hydroxylation is 2. The van der Waals surface area contributed by atoms with Gasteiger partial charge in [-0.1, -0.05) is 6.07 Å². The maximum atomic E-state index is 10.9. The molecule has 23 heavy (non-hydrogen) atoms. The van der Waals surface area contributed by atoms with Crippen LogP contribution >= 0.6 is 11.3 Å². The second-order valence-corrected chi connectivity index (χ2v) is 6.13. The summed E-state index contributed by atoms with van der Waals surface area (Å²) in [6.07, 6.45) is 2.95. The van der Waals surface area contributed by atoms with E-state index in [1.807, 2.05) is 26.0 Å². The average molecular weight is 326 g/mol. The number of aromatic nitrogens is 3. The molecule has 0 atom stereocenters. The summed E-state index contributed by atoms with van der Waals surface area (Å²) >= 11 is 1.09. The predicted molar refractivity (Wildman–Crippen MR) is 89.3 cm³/mol. The summed E-state index contributed by atoms with van der Waals surface area (Å²) < 4.78 is 0. The first-order valence-corrected chi connectivity index (χ1v) is 7.71. The van der Waals surface area contributed by atoms with Crippen molar-refractivity contribution in [3.63, 3.8) is 0 Å². The highest BCUT2D eigenvalue weighted by Crippen LogP contribution is 2.25. The van der Waals surface area contributed by atoms with Crippen molar-refractivity contribution in [3.05, 3.63) is 52.7 Å². The van der Waals surface area contributed by atoms with Gasteiger partial charge in [-0.3, -0.25) is 0 Å². The van der Waals surface area contributed by atoms with Crippen LogP contribution in [0.5, 0.6) is 0 Å². The van der Waals surface area contributed by atoms with Crippen LogP contribution in [0, 0.1) is 13.8 Å². The van der Waals surface area contributed by atoms with Crippen molar-refractivity contribution in [2.24, 2.45) is 0 Å². The third kappa shape index (κ3) is 3.51. The van der Waals surface area contributed by atoms with Crippen molar-refractivity contribution < 1.29 is 9.90 Å². The summed E-state index contributed by atoms with van der Waals surface area (Å²) in [5, 5.41) is 12.7. The van der Waals surface area contributed by atoms with Crippen LogP contribution in [-0.2, 0) is 0 Å². The first-order chi connectivity index (χ1) is 11.0. The van der Waals surface area contributed by atoms with Gasteiger partial charge in [0.25, 0.3) is 0 Å². The molecule has 116 valence electrons. The number of thiazole rings is 1. The van der Waals surface area contributed by atoms with Gasteiger partial charge in [-0.05, 0) is 43.2 Å². The Bertz CT molecular complexity index is 856. The first kappa shape index (κ1) is 15.1. The standard InChI is InChI=1S/C16H14N4O2S/c1-9-5-10(2)7-11(6-9)19-16-17-4-3-12(20-16)14-18-8-13(23-14)15(21)22/h3-8H,1-2H3,(H,21,22)(H,17,19,20). The SMILES string of the molecule is Cc1cc(C)cc(Nc2nccc(-c3ncc(C(=O)O)s3)n2)c1. The highest BCUT2D eigenvalue weighted by atomic mass is 32.1. The molecule has 0 unspecified atom stereocenters. The zero-order chi connectivity index (χ0) is 16.4. The summed E-state index contributed by atoms with van der Waals surface area (Å²) in [5.74, 6) is -0.545. The van der Waals surface area contributed by atoms with Crippen molar-refractivity contribution in [1.82, 2.24) is 15.0 Å². The number of rotatable bonds is 4. The molecule has 0 aliphatic rings. The van der Waals surface area contributed by atoms with Crippen LogP contribution in [0.2, 0.25) is 0 Å². The van der Waals surface area contributed by atoms with Gasteiger partial charge in [0.2, 0.25) is 5.95 Å². The number of aromatic carboxylic acids is 1. The molecule has 0 saturated heterocycles. The van der Waals surface area contributed by atoms with Crippen LogP contribution in [0.1, 0.15) is 20.8 Å². The fourth-order valence-electron chi connectivity index (χ4n) is 2.21. The fraction of sp³-hybridized carbons (Fsp3) is 0.125. The normalized spacial score (nSPS) is 10.5. The number of carboxylic acids is 1. The van der Waals surface area contributed by atoms with Gasteiger partial charge in [-0.15, -0.1) is 11.3 Å². The third-order valence-electron chi connectivity index (χ3n) is 3.07. The summed E-state index contributed by atoms with van der Waals surface area (Å²) in [7, 11) is 0. The molecule has 6 nitrogen and oxygen atoms in total. The van der Waals surface area contributed by atoms with E-state index in [0.717, 1.165) is 28.2 Å². The van der Waals surface area contributed by atoms with Gasteiger partial charge in [0.15, 0.2) is 0 Å². The number of hydrogen-bond donors (Lipinski definition) is 2. The Labute approximate surface area is 136 Å². The molecular formula is C16H14N4O2S. The minimum Gasteiger partial charge on any atom is -0.477 e. The minimum absolute atomic E-state index is 0.183. The van der Waals surface area contributed by atoms with Gasteiger partial charge in [-0.2, -0.15) is 0 Å². The van der Waals surface area contributed by atoms with Crippen molar-refractivity contribution >= 4 is 28.9 Å². The van der Waals surface area contributed by atoms with Gasteiger partial charge in [0.05, 0.1) is 6.20 Å². The summed E-state index contributed by atoms with van der Waals surface area (Å²) in [6, 6.07) is 7.81. The molecule has 2 heterocycles. The Kier molecular flexibility index (Phi) is 4.03. The molecule has 0 aliphatic carbocycles. The molecule has 2 N–H and O–H groups in total. The summed E-state index contributed by atoms with van der Waals surface area (Å²) in [6.45, 7) is 4.05. The van der Waals surface area contributed by atoms with Crippen molar-refractivity contribution in [3.8, 4) is 10.7 Å². The van der Waals surface area contributed by atoms with E-state index >= 15 is 0 Å². The van der Waals surface area contributed by atoms with Crippen molar-refractivity contribution in [2.75, 3.05) is 5.32 Å². The minimum atomic E-state index is -0.989. The van der Waals surface area contributed by atoms with E-state index in [-0.39, 0.29) is 4.88 Å². The third-order valence-corrected chi connectivity index (χ3v) is 4.08. The molecule has 0 aliphatic heterocycles. The first-order valence-electron chi connectivity index (χ1n) is 6.89. The van der Waals surface area contributed by atoms with Gasteiger partial charge in [-0.25, -0.2) is 19.7 Å². The van der Waals surface area contributed by atoms with Crippen LogP contribution < -0.4 is 5.32 Å². The van der Waals surface area contributed by atoms with Gasteiger partial charge >= 0.3 is 5.97 Å². The quantitative estimate of drug-likeness (QED) is 0.760. The Morgan fingerprint density at radius 2 is 1.91 bits per heavy atom. The number of benzene rings is 1. The molecule has 0 amide bonds. The lowest BCUT2D eigenvalue weighted by molar-refractivity contribution is 0.0702. The molecule has 3 rings (SSSR count). The maximum absolute atomic E-state index is 10.9. The lowest BCUT2D eigenvalue weighted by atomic mass is 10.1. The van der Waals surface area contributed by atoms with E-state index in [4.69, 9.17) is 5.11 Å². The monoisotopic (exact) mass is 326 g/mol. The number of nitrogens with one attached hydrogen (secondary N) is 1. The van der Waals surface area contributed by atoms with Crippen molar-refractivity contribution in [2.45, 2.75) is 13.8 Å². The highest BCUT2D eigenvalue weighted by Gasteiger charge is 2.12. The van der Waals surface area contributed by atoms with Crippen LogP contribution in [0.15, 0.2) is 36.7 Å². The Morgan fingerprint density at radius 1 is 1.17 bits per heavy atom. The van der Waals surface area contributed by atoms with E-state index < -0.39 is 5.97 Å². The maximum Gasteiger partial charge on any atom is 0.347 e. The molecule has 7 heteroatoms. The van der Waals surface area contributed by atoms with Gasteiger partial charge in [0.1, 0.15) is 15.6 Å². The molecule has 0 saturated carbocycles. The van der Waals surface area contributed by atoms with E-state index in [0.29, 0.717) is 16.6 Å². The smallest absolute Gasteiger partial charge is 0.347 e. The van der Waals surface area contributed by atoms with Crippen LogP contribution in [0.25, 0.3) is 10.7 Å². The Balaban J connectivity index is 1.88. The summed E-state index contributed by atoms with van der Waals surface area (Å²) in [5.41, 5.74) is 3.79. The molecular weight excluding hydrogens is 312 g/mol. The Hall–Kier alpha value is -2.80. The van der Waals surface area contributed by atoms with E-state index in [9.17, 15) is 4.79 Å².